The van der Waals surface area contributed by atoms with Gasteiger partial charge in [0, 0.05) is 6.04 Å². The highest BCUT2D eigenvalue weighted by Crippen LogP contribution is 2.24. The van der Waals surface area contributed by atoms with Crippen LogP contribution < -0.4 is 11.1 Å². The summed E-state index contributed by atoms with van der Waals surface area (Å²) in [6.45, 7) is 4.45. The lowest BCUT2D eigenvalue weighted by Gasteiger charge is -2.32. The first-order valence-corrected chi connectivity index (χ1v) is 7.32. The Hall–Kier alpha value is -0.860. The molecule has 1 aromatic carbocycles. The predicted octanol–water partition coefficient (Wildman–Crippen LogP) is 2.51. The van der Waals surface area contributed by atoms with E-state index in [1.807, 2.05) is 0 Å². The zero-order chi connectivity index (χ0) is 12.8. The Bertz CT molecular complexity index is 339. The van der Waals surface area contributed by atoms with E-state index in [2.05, 4.69) is 36.5 Å². The third kappa shape index (κ3) is 4.11. The van der Waals surface area contributed by atoms with Crippen molar-refractivity contribution in [2.24, 2.45) is 11.7 Å². The van der Waals surface area contributed by atoms with Crippen LogP contribution >= 0.6 is 0 Å². The average Bonchev–Trinajstić information content (AvgIpc) is 2.34. The summed E-state index contributed by atoms with van der Waals surface area (Å²) in [6, 6.07) is 9.55. The molecule has 0 bridgehead atoms. The van der Waals surface area contributed by atoms with Gasteiger partial charge in [0.25, 0.3) is 0 Å². The molecule has 0 atom stereocenters. The first-order valence-electron chi connectivity index (χ1n) is 7.32. The van der Waals surface area contributed by atoms with E-state index in [1.165, 1.54) is 36.8 Å². The minimum absolute atomic E-state index is 0.475. The molecule has 0 aromatic heterocycles. The van der Waals surface area contributed by atoms with E-state index in [0.717, 1.165) is 25.4 Å². The van der Waals surface area contributed by atoms with Crippen LogP contribution in [-0.2, 0) is 12.8 Å². The number of hydrogen-bond donors (Lipinski definition) is 2. The van der Waals surface area contributed by atoms with Gasteiger partial charge in [0.2, 0.25) is 0 Å². The summed E-state index contributed by atoms with van der Waals surface area (Å²) in [5.41, 5.74) is 8.67. The van der Waals surface area contributed by atoms with Gasteiger partial charge in [-0.2, -0.15) is 0 Å². The van der Waals surface area contributed by atoms with E-state index in [0.29, 0.717) is 6.04 Å². The van der Waals surface area contributed by atoms with Gasteiger partial charge in [-0.1, -0.05) is 37.6 Å². The van der Waals surface area contributed by atoms with E-state index < -0.39 is 0 Å². The summed E-state index contributed by atoms with van der Waals surface area (Å²) in [4.78, 5) is 0. The topological polar surface area (TPSA) is 38.0 Å². The SMILES string of the molecule is CCCc1ccc(CCNCC2CC(N)C2)cc1. The molecule has 0 amide bonds. The molecule has 0 spiro atoms. The lowest BCUT2D eigenvalue weighted by molar-refractivity contribution is 0.257. The lowest BCUT2D eigenvalue weighted by Crippen LogP contribution is -2.41. The zero-order valence-corrected chi connectivity index (χ0v) is 11.5. The molecule has 2 nitrogen and oxygen atoms in total. The van der Waals surface area contributed by atoms with E-state index in [9.17, 15) is 0 Å². The molecule has 0 heterocycles. The fourth-order valence-electron chi connectivity index (χ4n) is 2.65. The molecule has 0 saturated heterocycles. The van der Waals surface area contributed by atoms with Crippen LogP contribution in [-0.4, -0.2) is 19.1 Å². The Morgan fingerprint density at radius 3 is 2.28 bits per heavy atom. The highest BCUT2D eigenvalue weighted by atomic mass is 14.9. The Morgan fingerprint density at radius 1 is 1.11 bits per heavy atom. The summed E-state index contributed by atoms with van der Waals surface area (Å²) in [5, 5.41) is 3.54. The standard InChI is InChI=1S/C16H26N2/c1-2-3-13-4-6-14(7-5-13)8-9-18-12-15-10-16(17)11-15/h4-7,15-16,18H,2-3,8-12,17H2,1H3. The normalized spacial score (nSPS) is 22.8. The first kappa shape index (κ1) is 13.6. The quantitative estimate of drug-likeness (QED) is 0.726. The Kier molecular flexibility index (Phi) is 5.21. The van der Waals surface area contributed by atoms with E-state index in [1.54, 1.807) is 0 Å². The Balaban J connectivity index is 1.61. The van der Waals surface area contributed by atoms with Crippen molar-refractivity contribution < 1.29 is 0 Å². The van der Waals surface area contributed by atoms with Gasteiger partial charge >= 0.3 is 0 Å². The predicted molar refractivity (Wildman–Crippen MR) is 77.7 cm³/mol. The van der Waals surface area contributed by atoms with Gasteiger partial charge < -0.3 is 11.1 Å². The van der Waals surface area contributed by atoms with Crippen molar-refractivity contribution in [2.75, 3.05) is 13.1 Å². The summed E-state index contributed by atoms with van der Waals surface area (Å²) in [6.07, 6.45) is 5.97. The van der Waals surface area contributed by atoms with Crippen LogP contribution in [0.5, 0.6) is 0 Å². The van der Waals surface area contributed by atoms with Gasteiger partial charge in [-0.25, -0.2) is 0 Å². The molecule has 0 unspecified atom stereocenters. The van der Waals surface area contributed by atoms with Gasteiger partial charge in [0.15, 0.2) is 0 Å². The van der Waals surface area contributed by atoms with Crippen LogP contribution in [0.4, 0.5) is 0 Å². The first-order chi connectivity index (χ1) is 8.78. The molecule has 3 N–H and O–H groups in total. The van der Waals surface area contributed by atoms with Crippen LogP contribution in [0.15, 0.2) is 24.3 Å². The highest BCUT2D eigenvalue weighted by Gasteiger charge is 2.24. The number of nitrogens with two attached hydrogens (primary N) is 1. The van der Waals surface area contributed by atoms with E-state index in [4.69, 9.17) is 5.73 Å². The summed E-state index contributed by atoms with van der Waals surface area (Å²) in [7, 11) is 0. The lowest BCUT2D eigenvalue weighted by atomic mass is 9.81. The van der Waals surface area contributed by atoms with E-state index >= 15 is 0 Å². The van der Waals surface area contributed by atoms with Crippen molar-refractivity contribution in [3.05, 3.63) is 35.4 Å². The molecule has 1 aliphatic carbocycles. The Labute approximate surface area is 111 Å². The van der Waals surface area contributed by atoms with Crippen LogP contribution in [0.1, 0.15) is 37.3 Å². The summed E-state index contributed by atoms with van der Waals surface area (Å²) < 4.78 is 0. The summed E-state index contributed by atoms with van der Waals surface area (Å²) >= 11 is 0. The van der Waals surface area contributed by atoms with Crippen LogP contribution in [0.3, 0.4) is 0 Å². The Morgan fingerprint density at radius 2 is 1.72 bits per heavy atom. The van der Waals surface area contributed by atoms with Crippen LogP contribution in [0.25, 0.3) is 0 Å². The van der Waals surface area contributed by atoms with Crippen LogP contribution in [0.2, 0.25) is 0 Å². The van der Waals surface area contributed by atoms with Gasteiger partial charge in [0.05, 0.1) is 0 Å². The number of nitrogens with one attached hydrogen (secondary N) is 1. The summed E-state index contributed by atoms with van der Waals surface area (Å²) in [5.74, 6) is 0.826. The molecule has 1 aliphatic rings. The minimum Gasteiger partial charge on any atom is -0.328 e. The van der Waals surface area contributed by atoms with Crippen molar-refractivity contribution in [2.45, 2.75) is 45.1 Å². The van der Waals surface area contributed by atoms with Gasteiger partial charge in [-0.15, -0.1) is 0 Å². The maximum atomic E-state index is 5.78. The van der Waals surface area contributed by atoms with Crippen molar-refractivity contribution in [1.82, 2.24) is 5.32 Å². The second-order valence-electron chi connectivity index (χ2n) is 5.62. The molecule has 2 rings (SSSR count). The minimum atomic E-state index is 0.475. The number of aryl methyl sites for hydroxylation is 1. The maximum absolute atomic E-state index is 5.78. The maximum Gasteiger partial charge on any atom is 0.00450 e. The molecule has 2 heteroatoms. The molecule has 1 fully saturated rings. The zero-order valence-electron chi connectivity index (χ0n) is 11.5. The third-order valence-electron chi connectivity index (χ3n) is 3.86. The number of rotatable bonds is 7. The van der Waals surface area contributed by atoms with Gasteiger partial charge in [0.1, 0.15) is 0 Å². The molecule has 1 aromatic rings. The monoisotopic (exact) mass is 246 g/mol. The van der Waals surface area contributed by atoms with E-state index in [-0.39, 0.29) is 0 Å². The fourth-order valence-corrected chi connectivity index (χ4v) is 2.65. The molecule has 0 radical (unpaired) electrons. The van der Waals surface area contributed by atoms with Gasteiger partial charge in [-0.05, 0) is 55.8 Å². The smallest absolute Gasteiger partial charge is 0.00450 e. The molecule has 18 heavy (non-hydrogen) atoms. The van der Waals surface area contributed by atoms with Crippen LogP contribution in [0, 0.1) is 5.92 Å². The molecule has 0 aliphatic heterocycles. The van der Waals surface area contributed by atoms with Crippen molar-refractivity contribution in [3.8, 4) is 0 Å². The fraction of sp³-hybridized carbons (Fsp3) is 0.625. The second-order valence-corrected chi connectivity index (χ2v) is 5.62. The molecule has 1 saturated carbocycles. The number of benzene rings is 1. The molecule has 100 valence electrons. The van der Waals surface area contributed by atoms with Crippen molar-refractivity contribution >= 4 is 0 Å². The van der Waals surface area contributed by atoms with Crippen molar-refractivity contribution in [1.29, 1.82) is 0 Å². The second kappa shape index (κ2) is 6.91. The molecular weight excluding hydrogens is 220 g/mol. The molecular formula is C16H26N2. The van der Waals surface area contributed by atoms with Gasteiger partial charge in [-0.3, -0.25) is 0 Å². The van der Waals surface area contributed by atoms with Crippen molar-refractivity contribution in [3.63, 3.8) is 0 Å². The number of hydrogen-bond acceptors (Lipinski definition) is 2. The highest BCUT2D eigenvalue weighted by molar-refractivity contribution is 5.22. The largest absolute Gasteiger partial charge is 0.328 e. The third-order valence-corrected chi connectivity index (χ3v) is 3.86. The average molecular weight is 246 g/mol.